The molecule has 0 fully saturated rings. The topological polar surface area (TPSA) is 72.0 Å². The summed E-state index contributed by atoms with van der Waals surface area (Å²) in [6.07, 6.45) is 3.15. The molecule has 0 radical (unpaired) electrons. The first kappa shape index (κ1) is 12.4. The predicted octanol–water partition coefficient (Wildman–Crippen LogP) is 1.56. The predicted molar refractivity (Wildman–Crippen MR) is 59.2 cm³/mol. The number of pyridine rings is 2. The van der Waals surface area contributed by atoms with Gasteiger partial charge in [-0.3, -0.25) is 9.71 Å². The normalized spacial score (nSPS) is 11.2. The van der Waals surface area contributed by atoms with Crippen molar-refractivity contribution in [2.24, 2.45) is 0 Å². The molecule has 8 heteroatoms. The Hall–Kier alpha value is -2.09. The van der Waals surface area contributed by atoms with Gasteiger partial charge in [-0.15, -0.1) is 0 Å². The van der Waals surface area contributed by atoms with Gasteiger partial charge in [0.2, 0.25) is 5.03 Å². The van der Waals surface area contributed by atoms with Gasteiger partial charge in [-0.05, 0) is 12.1 Å². The van der Waals surface area contributed by atoms with E-state index in [1.165, 1.54) is 6.07 Å². The van der Waals surface area contributed by atoms with Gasteiger partial charge in [-0.25, -0.2) is 13.8 Å². The lowest BCUT2D eigenvalue weighted by Gasteiger charge is -2.07. The van der Waals surface area contributed by atoms with Gasteiger partial charge < -0.3 is 0 Å². The molecule has 2 aromatic rings. The first-order valence-corrected chi connectivity index (χ1v) is 6.21. The molecule has 0 unspecified atom stereocenters. The van der Waals surface area contributed by atoms with E-state index in [-0.39, 0.29) is 5.69 Å². The molecule has 2 aromatic heterocycles. The van der Waals surface area contributed by atoms with Gasteiger partial charge in [0.1, 0.15) is 5.82 Å². The van der Waals surface area contributed by atoms with Gasteiger partial charge in [0, 0.05) is 12.3 Å². The summed E-state index contributed by atoms with van der Waals surface area (Å²) in [7, 11) is -4.20. The van der Waals surface area contributed by atoms with Gasteiger partial charge in [0.15, 0.2) is 5.82 Å². The average molecular weight is 271 g/mol. The highest BCUT2D eigenvalue weighted by atomic mass is 32.2. The number of nitrogens with zero attached hydrogens (tertiary/aromatic N) is 2. The highest BCUT2D eigenvalue weighted by Crippen LogP contribution is 2.16. The van der Waals surface area contributed by atoms with Crippen LogP contribution in [0.5, 0.6) is 0 Å². The minimum absolute atomic E-state index is 0.111. The zero-order valence-corrected chi connectivity index (χ0v) is 9.66. The lowest BCUT2D eigenvalue weighted by atomic mass is 10.4. The fourth-order valence-corrected chi connectivity index (χ4v) is 2.28. The van der Waals surface area contributed by atoms with Crippen LogP contribution in [0.4, 0.5) is 14.5 Å². The Bertz CT molecular complexity index is 676. The maximum Gasteiger partial charge on any atom is 0.282 e. The van der Waals surface area contributed by atoms with E-state index in [0.717, 1.165) is 30.7 Å². The fourth-order valence-electron chi connectivity index (χ4n) is 1.24. The molecule has 18 heavy (non-hydrogen) atoms. The lowest BCUT2D eigenvalue weighted by Crippen LogP contribution is -2.16. The molecule has 0 saturated carbocycles. The Balaban J connectivity index is 2.37. The number of rotatable bonds is 3. The van der Waals surface area contributed by atoms with Crippen molar-refractivity contribution >= 4 is 15.7 Å². The Morgan fingerprint density at radius 2 is 2.00 bits per heavy atom. The summed E-state index contributed by atoms with van der Waals surface area (Å²) in [6, 6.07) is 3.15. The van der Waals surface area contributed by atoms with Gasteiger partial charge >= 0.3 is 0 Å². The highest BCUT2D eigenvalue weighted by Gasteiger charge is 2.20. The first-order valence-electron chi connectivity index (χ1n) is 4.73. The third-order valence-corrected chi connectivity index (χ3v) is 3.25. The van der Waals surface area contributed by atoms with Crippen molar-refractivity contribution in [3.63, 3.8) is 0 Å². The second kappa shape index (κ2) is 4.65. The van der Waals surface area contributed by atoms with Crippen LogP contribution >= 0.6 is 0 Å². The summed E-state index contributed by atoms with van der Waals surface area (Å²) in [5.74, 6) is -1.70. The van der Waals surface area contributed by atoms with E-state index in [1.807, 2.05) is 4.72 Å². The molecule has 0 aliphatic heterocycles. The molecule has 94 valence electrons. The van der Waals surface area contributed by atoms with Gasteiger partial charge in [-0.1, -0.05) is 0 Å². The van der Waals surface area contributed by atoms with E-state index < -0.39 is 26.7 Å². The minimum Gasteiger partial charge on any atom is -0.277 e. The first-order chi connectivity index (χ1) is 8.49. The maximum absolute atomic E-state index is 13.3. The number of hydrogen-bond acceptors (Lipinski definition) is 4. The molecular formula is C10H7F2N3O2S. The minimum atomic E-state index is -4.20. The van der Waals surface area contributed by atoms with Crippen molar-refractivity contribution < 1.29 is 17.2 Å². The molecule has 0 bridgehead atoms. The summed E-state index contributed by atoms with van der Waals surface area (Å²) < 4.78 is 51.7. The van der Waals surface area contributed by atoms with Crippen molar-refractivity contribution in [2.75, 3.05) is 4.72 Å². The molecular weight excluding hydrogens is 264 g/mol. The van der Waals surface area contributed by atoms with Crippen LogP contribution in [0.1, 0.15) is 0 Å². The third kappa shape index (κ3) is 2.59. The summed E-state index contributed by atoms with van der Waals surface area (Å²) in [5, 5.41) is -0.755. The number of hydrogen-bond donors (Lipinski definition) is 1. The van der Waals surface area contributed by atoms with Crippen molar-refractivity contribution in [2.45, 2.75) is 5.03 Å². The van der Waals surface area contributed by atoms with Crippen molar-refractivity contribution in [1.82, 2.24) is 9.97 Å². The van der Waals surface area contributed by atoms with Crippen molar-refractivity contribution in [1.29, 1.82) is 0 Å². The lowest BCUT2D eigenvalue weighted by molar-refractivity contribution is 0.556. The number of aromatic nitrogens is 2. The monoisotopic (exact) mass is 271 g/mol. The molecule has 0 saturated heterocycles. The molecule has 0 aromatic carbocycles. The molecule has 2 heterocycles. The van der Waals surface area contributed by atoms with E-state index in [2.05, 4.69) is 9.97 Å². The molecule has 5 nitrogen and oxygen atoms in total. The van der Waals surface area contributed by atoms with Gasteiger partial charge in [0.25, 0.3) is 10.0 Å². The van der Waals surface area contributed by atoms with Crippen LogP contribution in [0.25, 0.3) is 0 Å². The van der Waals surface area contributed by atoms with E-state index in [1.54, 1.807) is 0 Å². The van der Waals surface area contributed by atoms with Crippen molar-refractivity contribution in [3.8, 4) is 0 Å². The Kier molecular flexibility index (Phi) is 3.19. The molecule has 0 amide bonds. The Morgan fingerprint density at radius 1 is 1.22 bits per heavy atom. The quantitative estimate of drug-likeness (QED) is 0.919. The molecule has 0 spiro atoms. The van der Waals surface area contributed by atoms with Gasteiger partial charge in [-0.2, -0.15) is 8.42 Å². The van der Waals surface area contributed by atoms with E-state index in [9.17, 15) is 17.2 Å². The zero-order valence-electron chi connectivity index (χ0n) is 8.84. The second-order valence-electron chi connectivity index (χ2n) is 3.29. The standard InChI is InChI=1S/C10H7F2N3O2S/c11-7-4-8(6-13-5-7)15-18(16,17)10-9(12)2-1-3-14-10/h1-6,15H. The number of halogens is 2. The third-order valence-electron chi connectivity index (χ3n) is 1.94. The van der Waals surface area contributed by atoms with E-state index >= 15 is 0 Å². The zero-order chi connectivity index (χ0) is 13.2. The molecule has 2 rings (SSSR count). The highest BCUT2D eigenvalue weighted by molar-refractivity contribution is 7.92. The van der Waals surface area contributed by atoms with Crippen LogP contribution in [-0.4, -0.2) is 18.4 Å². The number of nitrogens with one attached hydrogen (secondary N) is 1. The second-order valence-corrected chi connectivity index (χ2v) is 4.89. The van der Waals surface area contributed by atoms with Crippen LogP contribution in [-0.2, 0) is 10.0 Å². The van der Waals surface area contributed by atoms with Crippen LogP contribution in [0, 0.1) is 11.6 Å². The average Bonchev–Trinajstić information content (AvgIpc) is 2.28. The summed E-state index contributed by atoms with van der Waals surface area (Å²) >= 11 is 0. The summed E-state index contributed by atoms with van der Waals surface area (Å²) in [4.78, 5) is 6.90. The Morgan fingerprint density at radius 3 is 2.67 bits per heavy atom. The summed E-state index contributed by atoms with van der Waals surface area (Å²) in [6.45, 7) is 0. The Labute approximate surface area is 102 Å². The van der Waals surface area contributed by atoms with Crippen LogP contribution < -0.4 is 4.72 Å². The molecule has 1 N–H and O–H groups in total. The fraction of sp³-hybridized carbons (Fsp3) is 0. The SMILES string of the molecule is O=S(=O)(Nc1cncc(F)c1)c1ncccc1F. The van der Waals surface area contributed by atoms with Crippen LogP contribution in [0.15, 0.2) is 41.8 Å². The number of anilines is 1. The van der Waals surface area contributed by atoms with E-state index in [0.29, 0.717) is 0 Å². The molecule has 0 aliphatic rings. The van der Waals surface area contributed by atoms with Gasteiger partial charge in [0.05, 0.1) is 18.1 Å². The largest absolute Gasteiger partial charge is 0.282 e. The summed E-state index contributed by atoms with van der Waals surface area (Å²) in [5.41, 5.74) is -0.111. The van der Waals surface area contributed by atoms with Crippen LogP contribution in [0.2, 0.25) is 0 Å². The molecule has 0 aliphatic carbocycles. The van der Waals surface area contributed by atoms with Crippen molar-refractivity contribution in [3.05, 3.63) is 48.4 Å². The van der Waals surface area contributed by atoms with E-state index in [4.69, 9.17) is 0 Å². The maximum atomic E-state index is 13.3. The smallest absolute Gasteiger partial charge is 0.277 e. The molecule has 0 atom stereocenters. The van der Waals surface area contributed by atoms with Crippen LogP contribution in [0.3, 0.4) is 0 Å². The number of sulfonamides is 1.